The van der Waals surface area contributed by atoms with Crippen molar-refractivity contribution in [1.29, 1.82) is 0 Å². The van der Waals surface area contributed by atoms with E-state index in [-0.39, 0.29) is 22.7 Å². The summed E-state index contributed by atoms with van der Waals surface area (Å²) in [5, 5.41) is 9.58. The van der Waals surface area contributed by atoms with Crippen molar-refractivity contribution in [3.8, 4) is 16.9 Å². The third-order valence-corrected chi connectivity index (χ3v) is 4.42. The first kappa shape index (κ1) is 18.7. The summed E-state index contributed by atoms with van der Waals surface area (Å²) >= 11 is 2.30. The van der Waals surface area contributed by atoms with Gasteiger partial charge >= 0.3 is 0 Å². The van der Waals surface area contributed by atoms with E-state index >= 15 is 0 Å². The van der Waals surface area contributed by atoms with Crippen LogP contribution < -0.4 is 21.5 Å². The third kappa shape index (κ3) is 4.68. The second-order valence-electron chi connectivity index (χ2n) is 5.42. The van der Waals surface area contributed by atoms with Gasteiger partial charge in [-0.2, -0.15) is 0 Å². The summed E-state index contributed by atoms with van der Waals surface area (Å²) < 4.78 is 3.33. The molecule has 0 aliphatic carbocycles. The zero-order chi connectivity index (χ0) is 16.2. The summed E-state index contributed by atoms with van der Waals surface area (Å²) in [6.07, 6.45) is 4.08. The van der Waals surface area contributed by atoms with Gasteiger partial charge in [0.25, 0.3) is 0 Å². The third-order valence-electron chi connectivity index (χ3n) is 3.70. The minimum Gasteiger partial charge on any atom is -1.00 e. The van der Waals surface area contributed by atoms with Gasteiger partial charge in [0, 0.05) is 21.3 Å². The molecule has 3 aromatic rings. The first-order chi connectivity index (χ1) is 11.1. The summed E-state index contributed by atoms with van der Waals surface area (Å²) in [4.78, 5) is 0. The van der Waals surface area contributed by atoms with Crippen LogP contribution in [-0.4, -0.2) is 5.11 Å². The molecular formula is C20H17BrINO. The van der Waals surface area contributed by atoms with Crippen LogP contribution in [0.25, 0.3) is 16.7 Å². The average Bonchev–Trinajstić information content (AvgIpc) is 2.56. The van der Waals surface area contributed by atoms with E-state index in [9.17, 15) is 5.11 Å². The monoisotopic (exact) mass is 493 g/mol. The maximum atomic E-state index is 9.58. The number of phenolic OH excluding ortho intramolecular Hbond substituents is 1. The molecular weight excluding hydrogens is 477 g/mol. The molecule has 2 nitrogen and oxygen atoms in total. The van der Waals surface area contributed by atoms with Crippen LogP contribution in [0.4, 0.5) is 0 Å². The fraction of sp³-hybridized carbons (Fsp3) is 0.0500. The molecule has 0 radical (unpaired) electrons. The van der Waals surface area contributed by atoms with E-state index in [0.29, 0.717) is 0 Å². The molecule has 4 heteroatoms. The number of allylic oxidation sites excluding steroid dienone is 1. The highest BCUT2D eigenvalue weighted by Crippen LogP contribution is 2.22. The number of phenols is 1. The van der Waals surface area contributed by atoms with Crippen LogP contribution in [0.1, 0.15) is 5.56 Å². The Morgan fingerprint density at radius 2 is 1.62 bits per heavy atom. The number of benzene rings is 2. The molecule has 0 aliphatic heterocycles. The molecule has 122 valence electrons. The van der Waals surface area contributed by atoms with E-state index < -0.39 is 0 Å². The van der Waals surface area contributed by atoms with Crippen LogP contribution in [0.2, 0.25) is 0 Å². The Hall–Kier alpha value is -1.66. The van der Waals surface area contributed by atoms with Crippen molar-refractivity contribution in [3.05, 3.63) is 88.8 Å². The zero-order valence-electron chi connectivity index (χ0n) is 13.0. The van der Waals surface area contributed by atoms with Gasteiger partial charge < -0.3 is 22.1 Å². The zero-order valence-corrected chi connectivity index (χ0v) is 16.7. The topological polar surface area (TPSA) is 24.1 Å². The summed E-state index contributed by atoms with van der Waals surface area (Å²) in [7, 11) is 0. The predicted molar refractivity (Wildman–Crippen MR) is 102 cm³/mol. The van der Waals surface area contributed by atoms with Crippen LogP contribution in [0.3, 0.4) is 0 Å². The molecule has 0 atom stereocenters. The number of aromatic hydroxyl groups is 1. The Bertz CT molecular complexity index is 829. The molecule has 1 aromatic heterocycles. The van der Waals surface area contributed by atoms with Crippen LogP contribution in [0.5, 0.6) is 5.75 Å². The Balaban J connectivity index is 0.00000208. The number of rotatable bonds is 4. The Morgan fingerprint density at radius 3 is 2.25 bits per heavy atom. The van der Waals surface area contributed by atoms with E-state index in [0.717, 1.165) is 28.8 Å². The van der Waals surface area contributed by atoms with Gasteiger partial charge in [-0.05, 0) is 63.5 Å². The van der Waals surface area contributed by atoms with E-state index in [1.54, 1.807) is 12.1 Å². The van der Waals surface area contributed by atoms with Crippen LogP contribution in [0, 0.1) is 3.57 Å². The second-order valence-corrected chi connectivity index (χ2v) is 6.67. The molecule has 0 amide bonds. The molecule has 0 bridgehead atoms. The largest absolute Gasteiger partial charge is 1.00 e. The minimum absolute atomic E-state index is 0. The molecule has 0 unspecified atom stereocenters. The van der Waals surface area contributed by atoms with E-state index in [1.165, 1.54) is 3.57 Å². The van der Waals surface area contributed by atoms with Crippen LogP contribution in [-0.2, 0) is 6.54 Å². The van der Waals surface area contributed by atoms with Gasteiger partial charge in [0.1, 0.15) is 5.75 Å². The Morgan fingerprint density at radius 1 is 0.958 bits per heavy atom. The number of hydrogen-bond donors (Lipinski definition) is 1. The highest BCUT2D eigenvalue weighted by molar-refractivity contribution is 14.1. The molecule has 24 heavy (non-hydrogen) atoms. The number of aromatic nitrogens is 1. The maximum absolute atomic E-state index is 9.58. The molecule has 3 rings (SSSR count). The smallest absolute Gasteiger partial charge is 0.173 e. The molecule has 0 fully saturated rings. The normalized spacial score (nSPS) is 10.0. The Kier molecular flexibility index (Phi) is 6.57. The van der Waals surface area contributed by atoms with E-state index in [1.807, 2.05) is 24.5 Å². The van der Waals surface area contributed by atoms with Gasteiger partial charge in [-0.15, -0.1) is 0 Å². The van der Waals surface area contributed by atoms with Crippen molar-refractivity contribution in [1.82, 2.24) is 0 Å². The van der Waals surface area contributed by atoms with Crippen LogP contribution >= 0.6 is 22.6 Å². The van der Waals surface area contributed by atoms with Gasteiger partial charge in [0.15, 0.2) is 18.9 Å². The highest BCUT2D eigenvalue weighted by Gasteiger charge is 2.07. The van der Waals surface area contributed by atoms with E-state index in [4.69, 9.17) is 0 Å². The predicted octanol–water partition coefficient (Wildman–Crippen LogP) is 1.67. The summed E-state index contributed by atoms with van der Waals surface area (Å²) in [5.74, 6) is 0.284. The SMILES string of the molecule is C=C(C[n+]1ccc(-c2cccc(O)c2)cc1)c1ccc(I)cc1.[Br-]. The van der Waals surface area contributed by atoms with Crippen molar-refractivity contribution in [2.24, 2.45) is 0 Å². The van der Waals surface area contributed by atoms with Gasteiger partial charge in [-0.3, -0.25) is 0 Å². The first-order valence-electron chi connectivity index (χ1n) is 7.34. The summed E-state index contributed by atoms with van der Waals surface area (Å²) in [5.41, 5.74) is 4.33. The number of hydrogen-bond acceptors (Lipinski definition) is 1. The molecule has 2 aromatic carbocycles. The van der Waals surface area contributed by atoms with Crippen molar-refractivity contribution in [2.45, 2.75) is 6.54 Å². The lowest BCUT2D eigenvalue weighted by Crippen LogP contribution is -3.00. The first-order valence-corrected chi connectivity index (χ1v) is 8.42. The lowest BCUT2D eigenvalue weighted by Gasteiger charge is -2.05. The standard InChI is InChI=1S/C20H16INO.BrH/c1-15(16-5-7-19(21)8-6-16)14-22-11-9-17(10-12-22)18-3-2-4-20(23)13-18;/h2-13H,1,14H2;1H. The number of halogens is 2. The van der Waals surface area contributed by atoms with Gasteiger partial charge in [0.05, 0.1) is 0 Å². The molecule has 0 saturated heterocycles. The quantitative estimate of drug-likeness (QED) is 0.434. The highest BCUT2D eigenvalue weighted by atomic mass is 127. The lowest BCUT2D eigenvalue weighted by atomic mass is 10.1. The van der Waals surface area contributed by atoms with Gasteiger partial charge in [-0.25, -0.2) is 4.57 Å². The molecule has 0 spiro atoms. The molecule has 0 saturated carbocycles. The van der Waals surface area contributed by atoms with Crippen molar-refractivity contribution in [3.63, 3.8) is 0 Å². The molecule has 0 aliphatic rings. The van der Waals surface area contributed by atoms with Gasteiger partial charge in [-0.1, -0.05) is 30.8 Å². The van der Waals surface area contributed by atoms with Crippen LogP contribution in [0.15, 0.2) is 79.6 Å². The fourth-order valence-electron chi connectivity index (χ4n) is 2.44. The van der Waals surface area contributed by atoms with Crippen molar-refractivity contribution < 1.29 is 26.7 Å². The maximum Gasteiger partial charge on any atom is 0.173 e. The molecule has 1 N–H and O–H groups in total. The lowest BCUT2D eigenvalue weighted by molar-refractivity contribution is -0.684. The minimum atomic E-state index is 0. The second kappa shape index (κ2) is 8.44. The van der Waals surface area contributed by atoms with Crippen molar-refractivity contribution >= 4 is 28.2 Å². The fourth-order valence-corrected chi connectivity index (χ4v) is 2.80. The number of pyridine rings is 1. The number of nitrogens with zero attached hydrogens (tertiary/aromatic N) is 1. The molecule has 1 heterocycles. The average molecular weight is 494 g/mol. The summed E-state index contributed by atoms with van der Waals surface area (Å²) in [6, 6.07) is 19.8. The Labute approximate surface area is 166 Å². The van der Waals surface area contributed by atoms with Crippen molar-refractivity contribution in [2.75, 3.05) is 0 Å². The van der Waals surface area contributed by atoms with Gasteiger partial charge in [0.2, 0.25) is 0 Å². The van der Waals surface area contributed by atoms with E-state index in [2.05, 4.69) is 70.1 Å². The summed E-state index contributed by atoms with van der Waals surface area (Å²) in [6.45, 7) is 4.94.